The normalized spacial score (nSPS) is 21.9. The van der Waals surface area contributed by atoms with Gasteiger partial charge in [-0.3, -0.25) is 4.79 Å². The van der Waals surface area contributed by atoms with Crippen LogP contribution < -0.4 is 5.32 Å². The molecule has 1 N–H and O–H groups in total. The number of nitrogens with zero attached hydrogens (tertiary/aromatic N) is 2. The van der Waals surface area contributed by atoms with E-state index < -0.39 is 0 Å². The lowest BCUT2D eigenvalue weighted by molar-refractivity contribution is 0.0929. The lowest BCUT2D eigenvalue weighted by Crippen LogP contribution is -2.38. The maximum atomic E-state index is 12.3. The molecule has 0 spiro atoms. The number of benzene rings is 1. The van der Waals surface area contributed by atoms with E-state index in [1.807, 2.05) is 36.8 Å². The summed E-state index contributed by atoms with van der Waals surface area (Å²) in [6.07, 6.45) is 8.82. The number of imidazole rings is 1. The summed E-state index contributed by atoms with van der Waals surface area (Å²) in [4.78, 5) is 16.4. The van der Waals surface area contributed by atoms with Gasteiger partial charge in [0.25, 0.3) is 5.91 Å². The lowest BCUT2D eigenvalue weighted by atomic mass is 10.1. The molecule has 4 nitrogen and oxygen atoms in total. The largest absolute Gasteiger partial charge is 0.347 e. The average molecular weight is 334 g/mol. The van der Waals surface area contributed by atoms with Crippen LogP contribution in [0, 0.1) is 0 Å². The quantitative estimate of drug-likeness (QED) is 0.937. The van der Waals surface area contributed by atoms with Crippen molar-refractivity contribution in [3.05, 3.63) is 53.0 Å². The van der Waals surface area contributed by atoms with Crippen LogP contribution in [0.25, 0.3) is 0 Å². The van der Waals surface area contributed by atoms with E-state index >= 15 is 0 Å². The van der Waals surface area contributed by atoms with Gasteiger partial charge in [0.1, 0.15) is 0 Å². The van der Waals surface area contributed by atoms with Crippen LogP contribution in [-0.2, 0) is 0 Å². The lowest BCUT2D eigenvalue weighted by Gasteiger charge is -2.22. The van der Waals surface area contributed by atoms with E-state index in [2.05, 4.69) is 30.8 Å². The number of aromatic nitrogens is 2. The molecule has 20 heavy (non-hydrogen) atoms. The molecule has 0 bridgehead atoms. The first-order valence-electron chi connectivity index (χ1n) is 6.78. The highest BCUT2D eigenvalue weighted by molar-refractivity contribution is 9.10. The van der Waals surface area contributed by atoms with Crippen LogP contribution in [0.15, 0.2) is 47.5 Å². The van der Waals surface area contributed by atoms with E-state index in [0.717, 1.165) is 23.7 Å². The van der Waals surface area contributed by atoms with Crippen molar-refractivity contribution in [3.8, 4) is 0 Å². The van der Waals surface area contributed by atoms with Gasteiger partial charge in [0.15, 0.2) is 0 Å². The zero-order valence-electron chi connectivity index (χ0n) is 11.0. The molecule has 0 radical (unpaired) electrons. The van der Waals surface area contributed by atoms with Gasteiger partial charge in [-0.25, -0.2) is 4.98 Å². The fourth-order valence-electron chi connectivity index (χ4n) is 2.78. The van der Waals surface area contributed by atoms with Crippen LogP contribution in [-0.4, -0.2) is 21.5 Å². The van der Waals surface area contributed by atoms with Gasteiger partial charge < -0.3 is 9.88 Å². The van der Waals surface area contributed by atoms with Crippen molar-refractivity contribution in [1.29, 1.82) is 0 Å². The molecule has 104 valence electrons. The van der Waals surface area contributed by atoms with Crippen molar-refractivity contribution in [3.63, 3.8) is 0 Å². The molecule has 1 fully saturated rings. The van der Waals surface area contributed by atoms with E-state index in [4.69, 9.17) is 0 Å². The Hall–Kier alpha value is -1.62. The third kappa shape index (κ3) is 2.77. The highest BCUT2D eigenvalue weighted by Crippen LogP contribution is 2.30. The Labute approximate surface area is 126 Å². The Bertz CT molecular complexity index is 580. The Morgan fingerprint density at radius 2 is 2.10 bits per heavy atom. The number of hydrogen-bond acceptors (Lipinski definition) is 2. The van der Waals surface area contributed by atoms with E-state index in [9.17, 15) is 4.79 Å². The zero-order valence-corrected chi connectivity index (χ0v) is 12.6. The van der Waals surface area contributed by atoms with Crippen LogP contribution in [0.1, 0.15) is 35.7 Å². The number of nitrogens with one attached hydrogen (secondary N) is 1. The van der Waals surface area contributed by atoms with Crippen molar-refractivity contribution in [2.45, 2.75) is 31.3 Å². The third-order valence-electron chi connectivity index (χ3n) is 3.81. The van der Waals surface area contributed by atoms with Crippen LogP contribution in [0.5, 0.6) is 0 Å². The topological polar surface area (TPSA) is 46.9 Å². The second-order valence-electron chi connectivity index (χ2n) is 5.09. The highest BCUT2D eigenvalue weighted by atomic mass is 79.9. The van der Waals surface area contributed by atoms with Crippen molar-refractivity contribution >= 4 is 21.8 Å². The van der Waals surface area contributed by atoms with Crippen molar-refractivity contribution in [2.75, 3.05) is 0 Å². The molecule has 1 aromatic heterocycles. The monoisotopic (exact) mass is 333 g/mol. The molecule has 1 aromatic carbocycles. The van der Waals surface area contributed by atoms with Crippen LogP contribution >= 0.6 is 15.9 Å². The Morgan fingerprint density at radius 3 is 2.80 bits per heavy atom. The van der Waals surface area contributed by atoms with Crippen LogP contribution in [0.4, 0.5) is 0 Å². The van der Waals surface area contributed by atoms with E-state index in [-0.39, 0.29) is 11.9 Å². The molecular weight excluding hydrogens is 318 g/mol. The summed E-state index contributed by atoms with van der Waals surface area (Å²) in [5.41, 5.74) is 0.699. The zero-order chi connectivity index (χ0) is 13.9. The minimum absolute atomic E-state index is 0.00508. The summed E-state index contributed by atoms with van der Waals surface area (Å²) in [5, 5.41) is 3.15. The van der Waals surface area contributed by atoms with Gasteiger partial charge in [0.2, 0.25) is 0 Å². The molecule has 0 saturated heterocycles. The Balaban J connectivity index is 1.70. The predicted octanol–water partition coefficient (Wildman–Crippen LogP) is 3.17. The van der Waals surface area contributed by atoms with Gasteiger partial charge in [0, 0.05) is 28.5 Å². The number of amides is 1. The first-order chi connectivity index (χ1) is 9.74. The molecule has 0 unspecified atom stereocenters. The molecule has 2 aromatic rings. The molecular formula is C15H16BrN3O. The second kappa shape index (κ2) is 5.79. The maximum absolute atomic E-state index is 12.3. The summed E-state index contributed by atoms with van der Waals surface area (Å²) >= 11 is 3.38. The first-order valence-corrected chi connectivity index (χ1v) is 7.57. The van der Waals surface area contributed by atoms with E-state index in [0.29, 0.717) is 11.6 Å². The van der Waals surface area contributed by atoms with Gasteiger partial charge in [-0.05, 0) is 43.5 Å². The standard InChI is InChI=1S/C15H16BrN3O/c16-12-6-4-11(5-7-12)15(20)18-13-2-1-3-14(13)19-9-8-17-10-19/h4-10,13-14H,1-3H2,(H,18,20)/t13-,14-/m1/s1. The summed E-state index contributed by atoms with van der Waals surface area (Å²) in [7, 11) is 0. The van der Waals surface area contributed by atoms with E-state index in [1.165, 1.54) is 0 Å². The fraction of sp³-hybridized carbons (Fsp3) is 0.333. The molecule has 2 atom stereocenters. The molecule has 1 aliphatic carbocycles. The summed E-state index contributed by atoms with van der Waals surface area (Å²) < 4.78 is 3.07. The van der Waals surface area contributed by atoms with Crippen LogP contribution in [0.2, 0.25) is 0 Å². The minimum Gasteiger partial charge on any atom is -0.347 e. The number of halogens is 1. The Morgan fingerprint density at radius 1 is 1.30 bits per heavy atom. The molecule has 1 saturated carbocycles. The summed E-state index contributed by atoms with van der Waals surface area (Å²) in [5.74, 6) is -0.00508. The SMILES string of the molecule is O=C(N[C@@H]1CCC[C@H]1n1ccnc1)c1ccc(Br)cc1. The summed E-state index contributed by atoms with van der Waals surface area (Å²) in [6, 6.07) is 7.94. The van der Waals surface area contributed by atoms with Crippen molar-refractivity contribution < 1.29 is 4.79 Å². The molecule has 3 rings (SSSR count). The van der Waals surface area contributed by atoms with Crippen molar-refractivity contribution in [1.82, 2.24) is 14.9 Å². The number of carbonyl (C=O) groups is 1. The average Bonchev–Trinajstić information content (AvgIpc) is 3.09. The highest BCUT2D eigenvalue weighted by Gasteiger charge is 2.29. The molecule has 5 heteroatoms. The van der Waals surface area contributed by atoms with E-state index in [1.54, 1.807) is 6.20 Å². The Kier molecular flexibility index (Phi) is 3.87. The van der Waals surface area contributed by atoms with Crippen molar-refractivity contribution in [2.24, 2.45) is 0 Å². The third-order valence-corrected chi connectivity index (χ3v) is 4.34. The fourth-order valence-corrected chi connectivity index (χ4v) is 3.05. The predicted molar refractivity (Wildman–Crippen MR) is 80.5 cm³/mol. The minimum atomic E-state index is -0.00508. The first kappa shape index (κ1) is 13.4. The van der Waals surface area contributed by atoms with Gasteiger partial charge in [-0.2, -0.15) is 0 Å². The maximum Gasteiger partial charge on any atom is 0.251 e. The molecule has 1 aliphatic rings. The second-order valence-corrected chi connectivity index (χ2v) is 6.01. The smallest absolute Gasteiger partial charge is 0.251 e. The van der Waals surface area contributed by atoms with Gasteiger partial charge in [-0.15, -0.1) is 0 Å². The van der Waals surface area contributed by atoms with Gasteiger partial charge in [0.05, 0.1) is 12.4 Å². The van der Waals surface area contributed by atoms with Crippen LogP contribution in [0.3, 0.4) is 0 Å². The molecule has 1 heterocycles. The summed E-state index contributed by atoms with van der Waals surface area (Å²) in [6.45, 7) is 0. The molecule has 1 amide bonds. The number of hydrogen-bond donors (Lipinski definition) is 1. The number of rotatable bonds is 3. The van der Waals surface area contributed by atoms with Gasteiger partial charge >= 0.3 is 0 Å². The molecule has 0 aliphatic heterocycles. The van der Waals surface area contributed by atoms with Gasteiger partial charge in [-0.1, -0.05) is 15.9 Å². The number of carbonyl (C=O) groups excluding carboxylic acids is 1.